The number of amides is 1. The summed E-state index contributed by atoms with van der Waals surface area (Å²) in [7, 11) is 0. The molecule has 7 nitrogen and oxygen atoms in total. The summed E-state index contributed by atoms with van der Waals surface area (Å²) in [6.45, 7) is 7.52. The van der Waals surface area contributed by atoms with Gasteiger partial charge in [0, 0.05) is 25.7 Å². The number of hydrogen-bond acceptors (Lipinski definition) is 5. The van der Waals surface area contributed by atoms with Crippen LogP contribution in [0.15, 0.2) is 22.8 Å². The minimum atomic E-state index is -0.0203. The van der Waals surface area contributed by atoms with Crippen molar-refractivity contribution in [3.63, 3.8) is 0 Å². The van der Waals surface area contributed by atoms with Gasteiger partial charge in [-0.2, -0.15) is 0 Å². The molecule has 2 aromatic rings. The van der Waals surface area contributed by atoms with E-state index in [9.17, 15) is 4.79 Å². The molecule has 2 aliphatic rings. The van der Waals surface area contributed by atoms with E-state index in [1.807, 2.05) is 21.6 Å². The predicted octanol–water partition coefficient (Wildman–Crippen LogP) is 2.78. The molecule has 0 aromatic carbocycles. The van der Waals surface area contributed by atoms with Crippen LogP contribution < -0.4 is 4.90 Å². The van der Waals surface area contributed by atoms with Gasteiger partial charge in [0.25, 0.3) is 5.91 Å². The minimum Gasteiger partial charge on any atom is -0.467 e. The second-order valence-corrected chi connectivity index (χ2v) is 7.54. The third-order valence-electron chi connectivity index (χ3n) is 5.56. The van der Waals surface area contributed by atoms with Crippen LogP contribution in [0.3, 0.4) is 0 Å². The van der Waals surface area contributed by atoms with Gasteiger partial charge in [0.05, 0.1) is 12.8 Å². The molecular formula is C19H27N5O2. The number of carbonyl (C=O) groups is 1. The van der Waals surface area contributed by atoms with E-state index in [2.05, 4.69) is 28.9 Å². The van der Waals surface area contributed by atoms with Gasteiger partial charge in [-0.1, -0.05) is 13.8 Å². The fourth-order valence-corrected chi connectivity index (χ4v) is 4.21. The van der Waals surface area contributed by atoms with Crippen LogP contribution in [0.25, 0.3) is 0 Å². The normalized spacial score (nSPS) is 23.2. The van der Waals surface area contributed by atoms with Gasteiger partial charge in [0.15, 0.2) is 0 Å². The van der Waals surface area contributed by atoms with Crippen LogP contribution in [0.5, 0.6) is 0 Å². The van der Waals surface area contributed by atoms with E-state index in [0.29, 0.717) is 24.3 Å². The van der Waals surface area contributed by atoms with Crippen LogP contribution in [0, 0.1) is 5.92 Å². The Morgan fingerprint density at radius 1 is 1.31 bits per heavy atom. The van der Waals surface area contributed by atoms with Gasteiger partial charge in [-0.05, 0) is 43.7 Å². The molecule has 0 aliphatic carbocycles. The van der Waals surface area contributed by atoms with Crippen molar-refractivity contribution in [2.45, 2.75) is 52.1 Å². The Bertz CT molecular complexity index is 748. The van der Waals surface area contributed by atoms with Crippen molar-refractivity contribution >= 4 is 11.9 Å². The lowest BCUT2D eigenvalue weighted by Crippen LogP contribution is -2.34. The zero-order valence-corrected chi connectivity index (χ0v) is 15.6. The largest absolute Gasteiger partial charge is 0.467 e. The summed E-state index contributed by atoms with van der Waals surface area (Å²) < 4.78 is 7.48. The van der Waals surface area contributed by atoms with Gasteiger partial charge in [-0.25, -0.2) is 0 Å². The molecule has 7 heteroatoms. The van der Waals surface area contributed by atoms with Crippen LogP contribution in [-0.4, -0.2) is 51.2 Å². The Balaban J connectivity index is 1.70. The topological polar surface area (TPSA) is 67.4 Å². The van der Waals surface area contributed by atoms with Crippen LogP contribution in [0.4, 0.5) is 5.95 Å². The number of rotatable bonds is 5. The molecule has 2 aromatic heterocycles. The summed E-state index contributed by atoms with van der Waals surface area (Å²) in [6.07, 6.45) is 6.00. The van der Waals surface area contributed by atoms with E-state index in [1.54, 1.807) is 6.26 Å². The molecule has 0 saturated carbocycles. The number of aromatic nitrogens is 3. The third-order valence-corrected chi connectivity index (χ3v) is 5.56. The summed E-state index contributed by atoms with van der Waals surface area (Å²) in [5, 5.41) is 8.77. The second-order valence-electron chi connectivity index (χ2n) is 7.54. The van der Waals surface area contributed by atoms with E-state index >= 15 is 0 Å². The van der Waals surface area contributed by atoms with Gasteiger partial charge in [0.1, 0.15) is 5.76 Å². The van der Waals surface area contributed by atoms with E-state index in [-0.39, 0.29) is 5.91 Å². The lowest BCUT2D eigenvalue weighted by Gasteiger charge is -2.25. The molecule has 26 heavy (non-hydrogen) atoms. The van der Waals surface area contributed by atoms with E-state index < -0.39 is 0 Å². The third kappa shape index (κ3) is 3.10. The number of nitrogens with zero attached hydrogens (tertiary/aromatic N) is 5. The monoisotopic (exact) mass is 357 g/mol. The summed E-state index contributed by atoms with van der Waals surface area (Å²) in [6, 6.07) is 4.24. The highest BCUT2D eigenvalue weighted by Crippen LogP contribution is 2.30. The van der Waals surface area contributed by atoms with Gasteiger partial charge in [0.2, 0.25) is 11.8 Å². The average Bonchev–Trinajstić information content (AvgIpc) is 3.42. The molecule has 1 amide bonds. The number of likely N-dealkylation sites (tertiary alicyclic amines) is 1. The maximum Gasteiger partial charge on any atom is 0.291 e. The second kappa shape index (κ2) is 7.13. The first-order chi connectivity index (χ1) is 12.7. The van der Waals surface area contributed by atoms with E-state index in [0.717, 1.165) is 57.0 Å². The maximum absolute atomic E-state index is 13.0. The summed E-state index contributed by atoms with van der Waals surface area (Å²) in [5.41, 5.74) is 0. The molecule has 2 unspecified atom stereocenters. The molecule has 140 valence electrons. The van der Waals surface area contributed by atoms with Crippen molar-refractivity contribution < 1.29 is 9.21 Å². The number of furan rings is 1. The van der Waals surface area contributed by atoms with Crippen LogP contribution in [0.2, 0.25) is 0 Å². The fraction of sp³-hybridized carbons (Fsp3) is 0.632. The Morgan fingerprint density at radius 3 is 2.81 bits per heavy atom. The molecule has 2 atom stereocenters. The fourth-order valence-electron chi connectivity index (χ4n) is 4.21. The molecule has 0 N–H and O–H groups in total. The SMILES string of the molecule is CCC1CC(C)CN1c1nnc(C(=O)N2CCCC2)n1Cc1ccco1. The number of anilines is 1. The molecule has 2 aliphatic heterocycles. The van der Waals surface area contributed by atoms with Crippen LogP contribution in [-0.2, 0) is 6.54 Å². The van der Waals surface area contributed by atoms with Crippen molar-refractivity contribution in [3.8, 4) is 0 Å². The van der Waals surface area contributed by atoms with Crippen molar-refractivity contribution in [1.29, 1.82) is 0 Å². The van der Waals surface area contributed by atoms with E-state index in [1.165, 1.54) is 0 Å². The van der Waals surface area contributed by atoms with Gasteiger partial charge in [-0.3, -0.25) is 9.36 Å². The first-order valence-corrected chi connectivity index (χ1v) is 9.69. The Hall–Kier alpha value is -2.31. The highest BCUT2D eigenvalue weighted by Gasteiger charge is 2.34. The van der Waals surface area contributed by atoms with E-state index in [4.69, 9.17) is 4.42 Å². The molecule has 0 radical (unpaired) electrons. The number of hydrogen-bond donors (Lipinski definition) is 0. The molecular weight excluding hydrogens is 330 g/mol. The van der Waals surface area contributed by atoms with Gasteiger partial charge >= 0.3 is 0 Å². The smallest absolute Gasteiger partial charge is 0.291 e. The predicted molar refractivity (Wildman–Crippen MR) is 98.2 cm³/mol. The van der Waals surface area contributed by atoms with Crippen molar-refractivity contribution in [3.05, 3.63) is 30.0 Å². The zero-order chi connectivity index (χ0) is 18.1. The highest BCUT2D eigenvalue weighted by atomic mass is 16.3. The summed E-state index contributed by atoms with van der Waals surface area (Å²) >= 11 is 0. The average molecular weight is 357 g/mol. The lowest BCUT2D eigenvalue weighted by molar-refractivity contribution is 0.0775. The van der Waals surface area contributed by atoms with Crippen molar-refractivity contribution in [2.75, 3.05) is 24.5 Å². The molecule has 2 fully saturated rings. The summed E-state index contributed by atoms with van der Waals surface area (Å²) in [4.78, 5) is 17.2. The Kier molecular flexibility index (Phi) is 4.70. The standard InChI is InChI=1S/C19H27N5O2/c1-3-15-11-14(2)12-23(15)19-21-20-17(18(25)22-8-4-5-9-22)24(19)13-16-7-6-10-26-16/h6-7,10,14-15H,3-5,8-9,11-13H2,1-2H3. The summed E-state index contributed by atoms with van der Waals surface area (Å²) in [5.74, 6) is 2.62. The Morgan fingerprint density at radius 2 is 2.12 bits per heavy atom. The molecule has 0 spiro atoms. The van der Waals surface area contributed by atoms with Crippen LogP contribution >= 0.6 is 0 Å². The lowest BCUT2D eigenvalue weighted by atomic mass is 10.1. The van der Waals surface area contributed by atoms with Crippen molar-refractivity contribution in [2.24, 2.45) is 5.92 Å². The minimum absolute atomic E-state index is 0.0203. The first-order valence-electron chi connectivity index (χ1n) is 9.69. The maximum atomic E-state index is 13.0. The Labute approximate surface area is 154 Å². The zero-order valence-electron chi connectivity index (χ0n) is 15.6. The van der Waals surface area contributed by atoms with Crippen molar-refractivity contribution in [1.82, 2.24) is 19.7 Å². The van der Waals surface area contributed by atoms with Gasteiger partial charge < -0.3 is 14.2 Å². The van der Waals surface area contributed by atoms with Gasteiger partial charge in [-0.15, -0.1) is 10.2 Å². The van der Waals surface area contributed by atoms with Crippen LogP contribution in [0.1, 0.15) is 55.9 Å². The number of carbonyl (C=O) groups excluding carboxylic acids is 1. The molecule has 4 heterocycles. The molecule has 0 bridgehead atoms. The first kappa shape index (κ1) is 17.1. The molecule has 4 rings (SSSR count). The highest BCUT2D eigenvalue weighted by molar-refractivity contribution is 5.91. The quantitative estimate of drug-likeness (QED) is 0.823. The molecule has 2 saturated heterocycles.